The fraction of sp³-hybridized carbons (Fsp3) is 0.167. The number of amides is 3. The smallest absolute Gasteiger partial charge is 0.263 e. The number of carbonyl (C=O) groups excluding carboxylic acids is 3. The van der Waals surface area contributed by atoms with Gasteiger partial charge in [-0.1, -0.05) is 21.2 Å². The number of nitrogens with one attached hydrogen (secondary N) is 1. The molecular formula is C18H12BrF2N5O3. The van der Waals surface area contributed by atoms with E-state index in [9.17, 15) is 23.2 Å². The van der Waals surface area contributed by atoms with Crippen LogP contribution in [-0.4, -0.2) is 41.4 Å². The van der Waals surface area contributed by atoms with Crippen molar-refractivity contribution in [3.8, 4) is 0 Å². The van der Waals surface area contributed by atoms with Crippen LogP contribution < -0.4 is 10.2 Å². The minimum atomic E-state index is -1.07. The number of carbonyl (C=O) groups is 3. The summed E-state index contributed by atoms with van der Waals surface area (Å²) >= 11 is 3.28. The molecule has 2 aliphatic rings. The Hall–Kier alpha value is -3.21. The number of hydrogen-bond donors (Lipinski definition) is 1. The molecule has 1 N–H and O–H groups in total. The van der Waals surface area contributed by atoms with E-state index in [0.29, 0.717) is 5.69 Å². The predicted octanol–water partition coefficient (Wildman–Crippen LogP) is 2.66. The molecule has 0 saturated carbocycles. The number of benzene rings is 2. The monoisotopic (exact) mass is 463 g/mol. The lowest BCUT2D eigenvalue weighted by molar-refractivity contribution is -0.123. The van der Waals surface area contributed by atoms with Crippen LogP contribution in [0.1, 0.15) is 0 Å². The third kappa shape index (κ3) is 3.48. The molecule has 11 heteroatoms. The first-order valence-electron chi connectivity index (χ1n) is 8.41. The molecule has 2 aromatic rings. The summed E-state index contributed by atoms with van der Waals surface area (Å²) in [6.45, 7) is -0.464. The third-order valence-electron chi connectivity index (χ3n) is 4.45. The minimum Gasteiger partial charge on any atom is -0.322 e. The molecule has 29 heavy (non-hydrogen) atoms. The van der Waals surface area contributed by atoms with Crippen LogP contribution >= 0.6 is 15.9 Å². The highest BCUT2D eigenvalue weighted by Gasteiger charge is 2.55. The zero-order valence-electron chi connectivity index (χ0n) is 14.6. The van der Waals surface area contributed by atoms with E-state index in [0.717, 1.165) is 32.6 Å². The van der Waals surface area contributed by atoms with Crippen molar-refractivity contribution in [3.63, 3.8) is 0 Å². The van der Waals surface area contributed by atoms with Gasteiger partial charge in [0.2, 0.25) is 5.91 Å². The van der Waals surface area contributed by atoms with Gasteiger partial charge in [-0.15, -0.1) is 0 Å². The van der Waals surface area contributed by atoms with E-state index in [-0.39, 0.29) is 5.69 Å². The summed E-state index contributed by atoms with van der Waals surface area (Å²) in [6.07, 6.45) is 0. The van der Waals surface area contributed by atoms with Gasteiger partial charge in [-0.05, 0) is 36.4 Å². The molecular weight excluding hydrogens is 452 g/mol. The number of anilines is 2. The van der Waals surface area contributed by atoms with E-state index in [1.165, 1.54) is 0 Å². The maximum absolute atomic E-state index is 13.7. The Morgan fingerprint density at radius 2 is 1.83 bits per heavy atom. The van der Waals surface area contributed by atoms with Crippen LogP contribution in [0.15, 0.2) is 57.3 Å². The number of fused-ring (bicyclic) bond motifs is 1. The molecule has 3 amide bonds. The molecule has 0 radical (unpaired) electrons. The van der Waals surface area contributed by atoms with Crippen molar-refractivity contribution >= 4 is 45.0 Å². The third-order valence-corrected chi connectivity index (χ3v) is 4.98. The Morgan fingerprint density at radius 3 is 2.55 bits per heavy atom. The van der Waals surface area contributed by atoms with Crippen molar-refractivity contribution in [2.45, 2.75) is 12.1 Å². The van der Waals surface area contributed by atoms with Gasteiger partial charge >= 0.3 is 0 Å². The van der Waals surface area contributed by atoms with Gasteiger partial charge in [0.25, 0.3) is 11.8 Å². The zero-order valence-corrected chi connectivity index (χ0v) is 16.1. The molecule has 2 heterocycles. The average molecular weight is 464 g/mol. The van der Waals surface area contributed by atoms with Gasteiger partial charge in [-0.3, -0.25) is 19.4 Å². The lowest BCUT2D eigenvalue weighted by atomic mass is 10.1. The Morgan fingerprint density at radius 1 is 1.10 bits per heavy atom. The molecule has 0 aromatic heterocycles. The number of rotatable bonds is 4. The zero-order chi connectivity index (χ0) is 20.7. The molecule has 2 aromatic carbocycles. The minimum absolute atomic E-state index is 0.340. The van der Waals surface area contributed by atoms with Crippen LogP contribution in [0.25, 0.3) is 0 Å². The molecule has 0 spiro atoms. The van der Waals surface area contributed by atoms with Crippen LogP contribution in [0.2, 0.25) is 0 Å². The Bertz CT molecular complexity index is 1050. The first kappa shape index (κ1) is 19.1. The van der Waals surface area contributed by atoms with E-state index < -0.39 is 48.0 Å². The molecule has 2 atom stereocenters. The normalized spacial score (nSPS) is 20.4. The summed E-state index contributed by atoms with van der Waals surface area (Å²) in [6, 6.07) is 7.06. The van der Waals surface area contributed by atoms with Crippen molar-refractivity contribution < 1.29 is 23.2 Å². The summed E-state index contributed by atoms with van der Waals surface area (Å²) in [7, 11) is 0. The first-order valence-corrected chi connectivity index (χ1v) is 9.20. The molecule has 1 saturated heterocycles. The predicted molar refractivity (Wildman–Crippen MR) is 101 cm³/mol. The van der Waals surface area contributed by atoms with E-state index in [1.807, 2.05) is 0 Å². The molecule has 2 aliphatic heterocycles. The van der Waals surface area contributed by atoms with Crippen molar-refractivity contribution in [2.75, 3.05) is 16.8 Å². The van der Waals surface area contributed by atoms with Crippen LogP contribution in [0.5, 0.6) is 0 Å². The van der Waals surface area contributed by atoms with Gasteiger partial charge in [0.05, 0.1) is 11.4 Å². The maximum atomic E-state index is 13.7. The van der Waals surface area contributed by atoms with Crippen molar-refractivity contribution in [1.29, 1.82) is 0 Å². The van der Waals surface area contributed by atoms with E-state index >= 15 is 0 Å². The molecule has 0 bridgehead atoms. The quantitative estimate of drug-likeness (QED) is 0.705. The number of halogens is 3. The Labute approximate surface area is 171 Å². The van der Waals surface area contributed by atoms with Gasteiger partial charge in [0, 0.05) is 10.5 Å². The first-order chi connectivity index (χ1) is 13.8. The molecule has 2 unspecified atom stereocenters. The largest absolute Gasteiger partial charge is 0.322 e. The van der Waals surface area contributed by atoms with Crippen LogP contribution in [0.3, 0.4) is 0 Å². The van der Waals surface area contributed by atoms with E-state index in [4.69, 9.17) is 0 Å². The van der Waals surface area contributed by atoms with Gasteiger partial charge in [-0.2, -0.15) is 5.11 Å². The second-order valence-electron chi connectivity index (χ2n) is 6.35. The molecule has 148 valence electrons. The van der Waals surface area contributed by atoms with E-state index in [2.05, 4.69) is 31.6 Å². The summed E-state index contributed by atoms with van der Waals surface area (Å²) in [4.78, 5) is 38.7. The van der Waals surface area contributed by atoms with Gasteiger partial charge in [-0.25, -0.2) is 13.7 Å². The molecule has 4 rings (SSSR count). The highest BCUT2D eigenvalue weighted by molar-refractivity contribution is 9.10. The number of nitrogens with zero attached hydrogens (tertiary/aromatic N) is 4. The molecule has 0 aliphatic carbocycles. The van der Waals surface area contributed by atoms with E-state index in [1.54, 1.807) is 24.3 Å². The second kappa shape index (κ2) is 7.32. The number of imide groups is 1. The standard InChI is InChI=1S/C18H12BrF2N5O3/c19-9-1-4-11(5-2-9)26-17(28)15-16(18(26)29)25(24-23-15)8-14(27)22-13-7-10(20)3-6-12(13)21/h1-7,15-16H,8H2,(H,22,27). The summed E-state index contributed by atoms with van der Waals surface area (Å²) in [5.74, 6) is -3.39. The molecule has 1 fully saturated rings. The van der Waals surface area contributed by atoms with Crippen molar-refractivity contribution in [1.82, 2.24) is 5.01 Å². The van der Waals surface area contributed by atoms with Crippen molar-refractivity contribution in [2.24, 2.45) is 10.3 Å². The summed E-state index contributed by atoms with van der Waals surface area (Å²) in [5.41, 5.74) is 0.0343. The van der Waals surface area contributed by atoms with Crippen LogP contribution in [0.4, 0.5) is 20.2 Å². The van der Waals surface area contributed by atoms with Gasteiger partial charge in [0.1, 0.15) is 18.2 Å². The Kier molecular flexibility index (Phi) is 4.82. The van der Waals surface area contributed by atoms with Crippen LogP contribution in [-0.2, 0) is 14.4 Å². The number of hydrogen-bond acceptors (Lipinski definition) is 6. The average Bonchev–Trinajstić information content (AvgIpc) is 3.19. The fourth-order valence-electron chi connectivity index (χ4n) is 3.13. The van der Waals surface area contributed by atoms with Gasteiger partial charge < -0.3 is 5.32 Å². The SMILES string of the molecule is O=C(CN1N=NC2C(=O)N(c3ccc(Br)cc3)C(=O)C21)Nc1cc(F)ccc1F. The topological polar surface area (TPSA) is 94.4 Å². The van der Waals surface area contributed by atoms with Gasteiger partial charge in [0.15, 0.2) is 12.1 Å². The summed E-state index contributed by atoms with van der Waals surface area (Å²) in [5, 5.41) is 10.8. The molecule has 8 nitrogen and oxygen atoms in total. The summed E-state index contributed by atoms with van der Waals surface area (Å²) < 4.78 is 27.7. The lowest BCUT2D eigenvalue weighted by Crippen LogP contribution is -2.43. The maximum Gasteiger partial charge on any atom is 0.263 e. The lowest BCUT2D eigenvalue weighted by Gasteiger charge is -2.20. The highest BCUT2D eigenvalue weighted by Crippen LogP contribution is 2.32. The Balaban J connectivity index is 1.49. The van der Waals surface area contributed by atoms with Crippen molar-refractivity contribution in [3.05, 3.63) is 58.6 Å². The van der Waals surface area contributed by atoms with Crippen LogP contribution in [0, 0.1) is 11.6 Å². The highest BCUT2D eigenvalue weighted by atomic mass is 79.9. The fourth-order valence-corrected chi connectivity index (χ4v) is 3.39. The second-order valence-corrected chi connectivity index (χ2v) is 7.27.